The Kier molecular flexibility index (Phi) is 4.70. The number of aromatic nitrogens is 2. The third-order valence-electron chi connectivity index (χ3n) is 6.58. The zero-order valence-corrected chi connectivity index (χ0v) is 18.4. The number of ether oxygens (including phenoxy) is 1. The van der Waals surface area contributed by atoms with E-state index in [0.29, 0.717) is 24.2 Å². The van der Waals surface area contributed by atoms with Crippen molar-refractivity contribution in [2.24, 2.45) is 5.92 Å². The molecule has 0 bridgehead atoms. The first-order valence-electron chi connectivity index (χ1n) is 10.8. The Morgan fingerprint density at radius 1 is 1.10 bits per heavy atom. The topological polar surface area (TPSA) is 68.5 Å². The second kappa shape index (κ2) is 7.31. The van der Waals surface area contributed by atoms with Gasteiger partial charge < -0.3 is 14.1 Å². The molecule has 6 nitrogen and oxygen atoms in total. The zero-order chi connectivity index (χ0) is 21.8. The first kappa shape index (κ1) is 19.9. The smallest absolute Gasteiger partial charge is 0.255 e. The summed E-state index contributed by atoms with van der Waals surface area (Å²) in [5, 5.41) is 7.98. The second-order valence-electron chi connectivity index (χ2n) is 9.07. The lowest BCUT2D eigenvalue weighted by Gasteiger charge is -2.39. The Labute approximate surface area is 182 Å². The van der Waals surface area contributed by atoms with E-state index in [1.54, 1.807) is 14.0 Å². The van der Waals surface area contributed by atoms with Crippen molar-refractivity contribution in [2.45, 2.75) is 51.8 Å². The second-order valence-corrected chi connectivity index (χ2v) is 9.07. The Bertz CT molecular complexity index is 1130. The van der Waals surface area contributed by atoms with E-state index in [2.05, 4.69) is 30.1 Å². The molecule has 0 radical (unpaired) electrons. The average Bonchev–Trinajstić information content (AvgIpc) is 3.41. The number of carbonyl (C=O) groups is 1. The number of aryl methyl sites for hydroxylation is 1. The van der Waals surface area contributed by atoms with Crippen LogP contribution >= 0.6 is 0 Å². The molecule has 2 aliphatic rings. The van der Waals surface area contributed by atoms with Crippen LogP contribution < -0.4 is 0 Å². The van der Waals surface area contributed by atoms with Crippen molar-refractivity contribution in [1.82, 2.24) is 15.1 Å². The number of rotatable bonds is 6. The lowest BCUT2D eigenvalue weighted by molar-refractivity contribution is -0.0532. The minimum atomic E-state index is -0.386. The maximum Gasteiger partial charge on any atom is 0.255 e. The summed E-state index contributed by atoms with van der Waals surface area (Å²) in [4.78, 5) is 15.7. The molecule has 160 valence electrons. The molecule has 0 N–H and O–H groups in total. The van der Waals surface area contributed by atoms with Crippen molar-refractivity contribution >= 4 is 5.91 Å². The molecule has 1 amide bonds. The van der Waals surface area contributed by atoms with E-state index >= 15 is 0 Å². The normalized spacial score (nSPS) is 17.2. The van der Waals surface area contributed by atoms with E-state index in [9.17, 15) is 4.79 Å². The van der Waals surface area contributed by atoms with Gasteiger partial charge in [0.1, 0.15) is 0 Å². The Morgan fingerprint density at radius 3 is 2.42 bits per heavy atom. The molecule has 1 aromatic heterocycles. The van der Waals surface area contributed by atoms with Crippen LogP contribution in [-0.2, 0) is 11.3 Å². The van der Waals surface area contributed by atoms with Crippen LogP contribution in [0.5, 0.6) is 0 Å². The number of carbonyl (C=O) groups excluding carboxylic acids is 1. The number of nitrogens with zero attached hydrogens (tertiary/aromatic N) is 3. The summed E-state index contributed by atoms with van der Waals surface area (Å²) in [6.45, 7) is 6.58. The van der Waals surface area contributed by atoms with Gasteiger partial charge >= 0.3 is 0 Å². The van der Waals surface area contributed by atoms with Gasteiger partial charge in [0, 0.05) is 26.1 Å². The summed E-state index contributed by atoms with van der Waals surface area (Å²) in [7, 11) is 1.74. The molecule has 0 spiro atoms. The van der Waals surface area contributed by atoms with Gasteiger partial charge in [0.15, 0.2) is 0 Å². The van der Waals surface area contributed by atoms with Crippen molar-refractivity contribution in [3.05, 3.63) is 59.5 Å². The first-order valence-corrected chi connectivity index (χ1v) is 10.8. The average molecular weight is 418 g/mol. The molecule has 31 heavy (non-hydrogen) atoms. The van der Waals surface area contributed by atoms with Crippen LogP contribution in [0.25, 0.3) is 22.6 Å². The van der Waals surface area contributed by atoms with E-state index in [1.165, 1.54) is 0 Å². The van der Waals surface area contributed by atoms with Crippen LogP contribution in [0.1, 0.15) is 48.5 Å². The van der Waals surface area contributed by atoms with Gasteiger partial charge in [0.2, 0.25) is 11.8 Å². The number of benzene rings is 2. The van der Waals surface area contributed by atoms with Crippen LogP contribution in [0.15, 0.2) is 46.9 Å². The highest BCUT2D eigenvalue weighted by Gasteiger charge is 2.49. The predicted octanol–water partition coefficient (Wildman–Crippen LogP) is 4.87. The van der Waals surface area contributed by atoms with E-state index < -0.39 is 0 Å². The fourth-order valence-corrected chi connectivity index (χ4v) is 4.78. The number of methoxy groups -OCH3 is 1. The molecule has 1 saturated carbocycles. The van der Waals surface area contributed by atoms with Crippen LogP contribution in [0.2, 0.25) is 0 Å². The molecule has 1 aliphatic carbocycles. The lowest BCUT2D eigenvalue weighted by atomic mass is 9.92. The van der Waals surface area contributed by atoms with Crippen LogP contribution in [0.4, 0.5) is 0 Å². The molecular weight excluding hydrogens is 390 g/mol. The summed E-state index contributed by atoms with van der Waals surface area (Å²) in [5.74, 6) is 1.64. The van der Waals surface area contributed by atoms with Gasteiger partial charge in [0.25, 0.3) is 5.91 Å². The quantitative estimate of drug-likeness (QED) is 0.572. The molecule has 2 heterocycles. The molecule has 1 fully saturated rings. The number of amides is 1. The summed E-state index contributed by atoms with van der Waals surface area (Å²) in [6.07, 6.45) is 2.31. The fraction of sp³-hybridized carbons (Fsp3) is 0.400. The Morgan fingerprint density at radius 2 is 1.81 bits per heavy atom. The van der Waals surface area contributed by atoms with Crippen LogP contribution in [0.3, 0.4) is 0 Å². The van der Waals surface area contributed by atoms with E-state index in [1.807, 2.05) is 41.3 Å². The van der Waals surface area contributed by atoms with Gasteiger partial charge in [-0.05, 0) is 61.4 Å². The molecule has 1 aliphatic heterocycles. The van der Waals surface area contributed by atoms with E-state index in [-0.39, 0.29) is 17.6 Å². The maximum absolute atomic E-state index is 13.7. The van der Waals surface area contributed by atoms with Crippen molar-refractivity contribution in [2.75, 3.05) is 7.11 Å². The molecule has 2 aromatic carbocycles. The first-order chi connectivity index (χ1) is 14.9. The Hall–Kier alpha value is -2.99. The van der Waals surface area contributed by atoms with Gasteiger partial charge in [-0.3, -0.25) is 4.79 Å². The SMILES string of the molecule is COC(C)(C)C(C1CC1)N1Cc2cccc(-c3ccc(-c4nnc(C)o4)cc3)c2C1=O. The maximum atomic E-state index is 13.7. The third kappa shape index (κ3) is 3.45. The summed E-state index contributed by atoms with van der Waals surface area (Å²) < 4.78 is 11.3. The van der Waals surface area contributed by atoms with E-state index in [4.69, 9.17) is 9.15 Å². The van der Waals surface area contributed by atoms with Crippen molar-refractivity contribution in [3.8, 4) is 22.6 Å². The van der Waals surface area contributed by atoms with Gasteiger partial charge in [-0.2, -0.15) is 0 Å². The van der Waals surface area contributed by atoms with Crippen molar-refractivity contribution < 1.29 is 13.9 Å². The van der Waals surface area contributed by atoms with Gasteiger partial charge in [-0.25, -0.2) is 0 Å². The minimum Gasteiger partial charge on any atom is -0.421 e. The molecular formula is C25H27N3O3. The summed E-state index contributed by atoms with van der Waals surface area (Å²) in [5.41, 5.74) is 4.32. The van der Waals surface area contributed by atoms with Crippen LogP contribution in [0, 0.1) is 12.8 Å². The van der Waals surface area contributed by atoms with Crippen molar-refractivity contribution in [3.63, 3.8) is 0 Å². The molecule has 1 atom stereocenters. The number of fused-ring (bicyclic) bond motifs is 1. The monoisotopic (exact) mass is 417 g/mol. The van der Waals surface area contributed by atoms with Gasteiger partial charge in [-0.1, -0.05) is 30.3 Å². The van der Waals surface area contributed by atoms with Crippen molar-refractivity contribution in [1.29, 1.82) is 0 Å². The zero-order valence-electron chi connectivity index (χ0n) is 18.4. The molecule has 3 aromatic rings. The third-order valence-corrected chi connectivity index (χ3v) is 6.58. The summed E-state index contributed by atoms with van der Waals surface area (Å²) in [6, 6.07) is 14.1. The van der Waals surface area contributed by atoms with E-state index in [0.717, 1.165) is 40.7 Å². The highest BCUT2D eigenvalue weighted by molar-refractivity contribution is 6.04. The number of hydrogen-bond acceptors (Lipinski definition) is 5. The fourth-order valence-electron chi connectivity index (χ4n) is 4.78. The Balaban J connectivity index is 1.49. The largest absolute Gasteiger partial charge is 0.421 e. The highest BCUT2D eigenvalue weighted by atomic mass is 16.5. The number of hydrogen-bond donors (Lipinski definition) is 0. The van der Waals surface area contributed by atoms with Crippen LogP contribution in [-0.4, -0.2) is 39.8 Å². The molecule has 5 rings (SSSR count). The summed E-state index contributed by atoms with van der Waals surface area (Å²) >= 11 is 0. The van der Waals surface area contributed by atoms with Gasteiger partial charge in [0.05, 0.1) is 17.2 Å². The molecule has 6 heteroatoms. The minimum absolute atomic E-state index is 0.0772. The molecule has 0 saturated heterocycles. The standard InChI is InChI=1S/C25H27N3O3/c1-15-26-27-23(31-15)18-12-8-16(9-13-18)20-7-5-6-19-14-28(24(29)21(19)20)22(17-10-11-17)25(2,3)30-4/h5-9,12-13,17,22H,10-11,14H2,1-4H3. The lowest BCUT2D eigenvalue weighted by Crippen LogP contribution is -2.52. The molecule has 1 unspecified atom stereocenters. The predicted molar refractivity (Wildman–Crippen MR) is 117 cm³/mol. The highest BCUT2D eigenvalue weighted by Crippen LogP contribution is 2.45. The van der Waals surface area contributed by atoms with Gasteiger partial charge in [-0.15, -0.1) is 10.2 Å².